The summed E-state index contributed by atoms with van der Waals surface area (Å²) in [5, 5.41) is 13.7. The highest BCUT2D eigenvalue weighted by molar-refractivity contribution is 6.31. The number of halogens is 1. The normalized spacial score (nSPS) is 10.6. The molecule has 2 aromatic rings. The Balaban J connectivity index is 2.09. The standard InChI is InChI=1S/C15H17ClN2O3/c1-3-12-15(16)13(18(2)17-12)9-21-11-6-4-5-10(7-11)8-14(19)20/h4-7H,3,8-9H2,1-2H3,(H,19,20). The van der Waals surface area contributed by atoms with Gasteiger partial charge in [0.25, 0.3) is 0 Å². The molecule has 1 N–H and O–H groups in total. The Morgan fingerprint density at radius 1 is 1.48 bits per heavy atom. The summed E-state index contributed by atoms with van der Waals surface area (Å²) in [6.07, 6.45) is 0.740. The second kappa shape index (κ2) is 6.63. The molecule has 112 valence electrons. The Kier molecular flexibility index (Phi) is 4.85. The van der Waals surface area contributed by atoms with Crippen molar-refractivity contribution < 1.29 is 14.6 Å². The fourth-order valence-corrected chi connectivity index (χ4v) is 2.40. The van der Waals surface area contributed by atoms with Crippen molar-refractivity contribution >= 4 is 17.6 Å². The molecule has 2 rings (SSSR count). The van der Waals surface area contributed by atoms with Gasteiger partial charge in [-0.15, -0.1) is 0 Å². The predicted octanol–water partition coefficient (Wildman–Crippen LogP) is 2.84. The first-order valence-corrected chi connectivity index (χ1v) is 7.02. The lowest BCUT2D eigenvalue weighted by atomic mass is 10.1. The van der Waals surface area contributed by atoms with Crippen LogP contribution in [0, 0.1) is 0 Å². The third-order valence-electron chi connectivity index (χ3n) is 3.13. The summed E-state index contributed by atoms with van der Waals surface area (Å²) in [7, 11) is 1.82. The number of carboxylic acid groups (broad SMARTS) is 1. The van der Waals surface area contributed by atoms with Crippen molar-refractivity contribution in [3.63, 3.8) is 0 Å². The van der Waals surface area contributed by atoms with Crippen LogP contribution in [0.15, 0.2) is 24.3 Å². The van der Waals surface area contributed by atoms with E-state index in [9.17, 15) is 4.79 Å². The smallest absolute Gasteiger partial charge is 0.307 e. The van der Waals surface area contributed by atoms with Gasteiger partial charge in [-0.1, -0.05) is 30.7 Å². The van der Waals surface area contributed by atoms with Gasteiger partial charge in [-0.3, -0.25) is 9.48 Å². The number of carboxylic acids is 1. The topological polar surface area (TPSA) is 64.4 Å². The highest BCUT2D eigenvalue weighted by Crippen LogP contribution is 2.23. The van der Waals surface area contributed by atoms with Gasteiger partial charge < -0.3 is 9.84 Å². The van der Waals surface area contributed by atoms with Crippen LogP contribution < -0.4 is 4.74 Å². The molecule has 0 aliphatic rings. The summed E-state index contributed by atoms with van der Waals surface area (Å²) in [6, 6.07) is 7.04. The van der Waals surface area contributed by atoms with E-state index in [0.717, 1.165) is 17.8 Å². The second-order valence-electron chi connectivity index (χ2n) is 4.69. The monoisotopic (exact) mass is 308 g/mol. The molecule has 21 heavy (non-hydrogen) atoms. The van der Waals surface area contributed by atoms with Gasteiger partial charge >= 0.3 is 5.97 Å². The van der Waals surface area contributed by atoms with Crippen LogP contribution in [0.4, 0.5) is 0 Å². The Morgan fingerprint density at radius 3 is 2.86 bits per heavy atom. The first-order valence-electron chi connectivity index (χ1n) is 6.65. The van der Waals surface area contributed by atoms with Gasteiger partial charge in [0.1, 0.15) is 12.4 Å². The molecule has 1 aromatic carbocycles. The molecule has 0 saturated carbocycles. The number of benzene rings is 1. The summed E-state index contributed by atoms with van der Waals surface area (Å²) in [5.41, 5.74) is 2.35. The molecule has 5 nitrogen and oxygen atoms in total. The number of aryl methyl sites for hydroxylation is 2. The Morgan fingerprint density at radius 2 is 2.24 bits per heavy atom. The maximum atomic E-state index is 10.7. The van der Waals surface area contributed by atoms with Crippen LogP contribution in [0.25, 0.3) is 0 Å². The van der Waals surface area contributed by atoms with Crippen molar-refractivity contribution in [3.05, 3.63) is 46.2 Å². The number of nitrogens with zero attached hydrogens (tertiary/aromatic N) is 2. The summed E-state index contributed by atoms with van der Waals surface area (Å²) in [6.45, 7) is 2.28. The number of rotatable bonds is 6. The van der Waals surface area contributed by atoms with Gasteiger partial charge in [0.15, 0.2) is 0 Å². The quantitative estimate of drug-likeness (QED) is 0.891. The number of ether oxygens (including phenoxy) is 1. The van der Waals surface area contributed by atoms with Gasteiger partial charge in [0, 0.05) is 7.05 Å². The van der Waals surface area contributed by atoms with Crippen LogP contribution in [0.3, 0.4) is 0 Å². The fraction of sp³-hybridized carbons (Fsp3) is 0.333. The van der Waals surface area contributed by atoms with E-state index in [-0.39, 0.29) is 6.42 Å². The van der Waals surface area contributed by atoms with Crippen molar-refractivity contribution in [1.29, 1.82) is 0 Å². The van der Waals surface area contributed by atoms with E-state index in [0.29, 0.717) is 22.9 Å². The maximum absolute atomic E-state index is 10.7. The number of aromatic nitrogens is 2. The van der Waals surface area contributed by atoms with Crippen LogP contribution in [-0.2, 0) is 31.3 Å². The highest BCUT2D eigenvalue weighted by Gasteiger charge is 2.13. The van der Waals surface area contributed by atoms with Crippen LogP contribution in [-0.4, -0.2) is 20.9 Å². The van der Waals surface area contributed by atoms with E-state index in [1.807, 2.05) is 14.0 Å². The first-order chi connectivity index (χ1) is 10.0. The molecule has 1 aromatic heterocycles. The Bertz CT molecular complexity index is 652. The van der Waals surface area contributed by atoms with Crippen LogP contribution in [0.1, 0.15) is 23.9 Å². The van der Waals surface area contributed by atoms with Gasteiger partial charge in [0.05, 0.1) is 22.8 Å². The lowest BCUT2D eigenvalue weighted by Gasteiger charge is -2.08. The third kappa shape index (κ3) is 3.76. The number of hydrogen-bond acceptors (Lipinski definition) is 3. The van der Waals surface area contributed by atoms with E-state index < -0.39 is 5.97 Å². The summed E-state index contributed by atoms with van der Waals surface area (Å²) >= 11 is 6.26. The zero-order valence-electron chi connectivity index (χ0n) is 12.0. The summed E-state index contributed by atoms with van der Waals surface area (Å²) in [5.74, 6) is -0.251. The minimum Gasteiger partial charge on any atom is -0.487 e. The Hall–Kier alpha value is -2.01. The minimum atomic E-state index is -0.866. The molecular formula is C15H17ClN2O3. The van der Waals surface area contributed by atoms with Crippen LogP contribution >= 0.6 is 11.6 Å². The van der Waals surface area contributed by atoms with Crippen molar-refractivity contribution in [2.24, 2.45) is 7.05 Å². The number of hydrogen-bond donors (Lipinski definition) is 1. The molecule has 0 amide bonds. The zero-order valence-corrected chi connectivity index (χ0v) is 12.7. The highest BCUT2D eigenvalue weighted by atomic mass is 35.5. The van der Waals surface area contributed by atoms with Crippen molar-refractivity contribution in [3.8, 4) is 5.75 Å². The zero-order chi connectivity index (χ0) is 15.4. The van der Waals surface area contributed by atoms with E-state index in [1.54, 1.807) is 28.9 Å². The molecule has 1 heterocycles. The molecule has 0 aliphatic heterocycles. The van der Waals surface area contributed by atoms with Crippen molar-refractivity contribution in [1.82, 2.24) is 9.78 Å². The van der Waals surface area contributed by atoms with Crippen molar-refractivity contribution in [2.45, 2.75) is 26.4 Å². The molecule has 0 radical (unpaired) electrons. The van der Waals surface area contributed by atoms with Crippen molar-refractivity contribution in [2.75, 3.05) is 0 Å². The van der Waals surface area contributed by atoms with Crippen LogP contribution in [0.2, 0.25) is 5.02 Å². The van der Waals surface area contributed by atoms with E-state index in [1.165, 1.54) is 0 Å². The van der Waals surface area contributed by atoms with Gasteiger partial charge in [-0.2, -0.15) is 5.10 Å². The molecule has 0 saturated heterocycles. The molecule has 0 spiro atoms. The van der Waals surface area contributed by atoms with Gasteiger partial charge in [-0.05, 0) is 24.1 Å². The lowest BCUT2D eigenvalue weighted by molar-refractivity contribution is -0.136. The molecule has 0 bridgehead atoms. The first kappa shape index (κ1) is 15.4. The lowest BCUT2D eigenvalue weighted by Crippen LogP contribution is -2.04. The second-order valence-corrected chi connectivity index (χ2v) is 5.07. The van der Waals surface area contributed by atoms with Crippen LogP contribution in [0.5, 0.6) is 5.75 Å². The number of carbonyl (C=O) groups is 1. The average molecular weight is 309 g/mol. The van der Waals surface area contributed by atoms with E-state index in [4.69, 9.17) is 21.4 Å². The summed E-state index contributed by atoms with van der Waals surface area (Å²) < 4.78 is 7.41. The molecule has 0 fully saturated rings. The largest absolute Gasteiger partial charge is 0.487 e. The minimum absolute atomic E-state index is 0.0242. The maximum Gasteiger partial charge on any atom is 0.307 e. The predicted molar refractivity (Wildman–Crippen MR) is 79.7 cm³/mol. The molecular weight excluding hydrogens is 292 g/mol. The number of aliphatic carboxylic acids is 1. The summed E-state index contributed by atoms with van der Waals surface area (Å²) in [4.78, 5) is 10.7. The Labute approximate surface area is 128 Å². The van der Waals surface area contributed by atoms with Gasteiger partial charge in [-0.25, -0.2) is 0 Å². The SMILES string of the molecule is CCc1nn(C)c(COc2cccc(CC(=O)O)c2)c1Cl. The van der Waals surface area contributed by atoms with Gasteiger partial charge in [0.2, 0.25) is 0 Å². The third-order valence-corrected chi connectivity index (χ3v) is 3.57. The average Bonchev–Trinajstić information content (AvgIpc) is 2.71. The molecule has 0 aliphatic carbocycles. The van der Waals surface area contributed by atoms with E-state index >= 15 is 0 Å². The molecule has 0 atom stereocenters. The molecule has 0 unspecified atom stereocenters. The van der Waals surface area contributed by atoms with E-state index in [2.05, 4.69) is 5.10 Å². The fourth-order valence-electron chi connectivity index (χ4n) is 2.05. The molecule has 6 heteroatoms.